The Balaban J connectivity index is 1.48. The second kappa shape index (κ2) is 6.81. The molecule has 1 aromatic carbocycles. The lowest BCUT2D eigenvalue weighted by molar-refractivity contribution is 0.0560. The lowest BCUT2D eigenvalue weighted by atomic mass is 9.87. The van der Waals surface area contributed by atoms with Gasteiger partial charge in [-0.15, -0.1) is 0 Å². The SMILES string of the molecule is CN1C(=O)NCC12CCN(C(=O)c1ccnc(-c3ccc(Cl)cc3)n1)CC2. The summed E-state index contributed by atoms with van der Waals surface area (Å²) in [6, 6.07) is 8.79. The molecule has 2 aromatic rings. The van der Waals surface area contributed by atoms with E-state index in [0.29, 0.717) is 36.2 Å². The summed E-state index contributed by atoms with van der Waals surface area (Å²) in [5.74, 6) is 0.388. The lowest BCUT2D eigenvalue weighted by Gasteiger charge is -2.42. The number of hydrogen-bond donors (Lipinski definition) is 1. The summed E-state index contributed by atoms with van der Waals surface area (Å²) in [5, 5.41) is 3.53. The number of carbonyl (C=O) groups excluding carboxylic acids is 2. The maximum atomic E-state index is 12.9. The van der Waals surface area contributed by atoms with Crippen LogP contribution >= 0.6 is 11.6 Å². The molecule has 0 bridgehead atoms. The number of likely N-dealkylation sites (tertiary alicyclic amines) is 1. The Morgan fingerprint density at radius 3 is 2.52 bits per heavy atom. The van der Waals surface area contributed by atoms with Crippen molar-refractivity contribution in [2.24, 2.45) is 0 Å². The Bertz CT molecular complexity index is 878. The Hall–Kier alpha value is -2.67. The zero-order valence-electron chi connectivity index (χ0n) is 15.0. The third-order valence-corrected chi connectivity index (χ3v) is 5.80. The molecule has 8 heteroatoms. The first-order valence-corrected chi connectivity index (χ1v) is 9.26. The van der Waals surface area contributed by atoms with E-state index < -0.39 is 0 Å². The van der Waals surface area contributed by atoms with E-state index in [1.807, 2.05) is 19.2 Å². The van der Waals surface area contributed by atoms with Crippen LogP contribution in [0.1, 0.15) is 23.3 Å². The topological polar surface area (TPSA) is 78.4 Å². The first kappa shape index (κ1) is 17.7. The van der Waals surface area contributed by atoms with Gasteiger partial charge in [0.15, 0.2) is 5.82 Å². The van der Waals surface area contributed by atoms with Crippen molar-refractivity contribution in [2.75, 3.05) is 26.7 Å². The fourth-order valence-electron chi connectivity index (χ4n) is 3.71. The number of hydrogen-bond acceptors (Lipinski definition) is 4. The molecule has 2 fully saturated rings. The van der Waals surface area contributed by atoms with Crippen molar-refractivity contribution in [3.63, 3.8) is 0 Å². The van der Waals surface area contributed by atoms with Crippen LogP contribution in [0.4, 0.5) is 4.79 Å². The third kappa shape index (κ3) is 3.23. The molecule has 0 atom stereocenters. The van der Waals surface area contributed by atoms with Crippen LogP contribution in [0.15, 0.2) is 36.5 Å². The van der Waals surface area contributed by atoms with Gasteiger partial charge in [-0.05, 0) is 43.2 Å². The van der Waals surface area contributed by atoms with E-state index in [0.717, 1.165) is 18.4 Å². The Morgan fingerprint density at radius 2 is 1.89 bits per heavy atom. The standard InChI is InChI=1S/C19H20ClN5O2/c1-24-18(27)22-12-19(24)7-10-25(11-8-19)17(26)15-6-9-21-16(23-15)13-2-4-14(20)5-3-13/h2-6,9H,7-8,10-12H2,1H3,(H,22,27). The number of likely N-dealkylation sites (N-methyl/N-ethyl adjacent to an activating group) is 1. The van der Waals surface area contributed by atoms with Gasteiger partial charge in [-0.25, -0.2) is 14.8 Å². The molecule has 3 amide bonds. The second-order valence-corrected chi connectivity index (χ2v) is 7.44. The Morgan fingerprint density at radius 1 is 1.19 bits per heavy atom. The average Bonchev–Trinajstić information content (AvgIpc) is 2.97. The summed E-state index contributed by atoms with van der Waals surface area (Å²) in [5.41, 5.74) is 0.997. The molecule has 1 N–H and O–H groups in total. The molecular formula is C19H20ClN5O2. The van der Waals surface area contributed by atoms with Gasteiger partial charge < -0.3 is 15.1 Å². The number of aromatic nitrogens is 2. The fourth-order valence-corrected chi connectivity index (χ4v) is 3.83. The van der Waals surface area contributed by atoms with Crippen LogP contribution in [0.2, 0.25) is 5.02 Å². The molecule has 0 unspecified atom stereocenters. The lowest BCUT2D eigenvalue weighted by Crippen LogP contribution is -2.54. The summed E-state index contributed by atoms with van der Waals surface area (Å²) < 4.78 is 0. The number of nitrogens with one attached hydrogen (secondary N) is 1. The van der Waals surface area contributed by atoms with E-state index >= 15 is 0 Å². The van der Waals surface area contributed by atoms with Gasteiger partial charge in [0.2, 0.25) is 0 Å². The quantitative estimate of drug-likeness (QED) is 0.861. The number of nitrogens with zero attached hydrogens (tertiary/aromatic N) is 4. The summed E-state index contributed by atoms with van der Waals surface area (Å²) in [6.07, 6.45) is 3.11. The zero-order valence-corrected chi connectivity index (χ0v) is 15.7. The van der Waals surface area contributed by atoms with E-state index in [9.17, 15) is 9.59 Å². The van der Waals surface area contributed by atoms with Crippen molar-refractivity contribution < 1.29 is 9.59 Å². The van der Waals surface area contributed by atoms with Crippen molar-refractivity contribution in [1.82, 2.24) is 25.1 Å². The highest BCUT2D eigenvalue weighted by Crippen LogP contribution is 2.31. The number of halogens is 1. The summed E-state index contributed by atoms with van der Waals surface area (Å²) in [6.45, 7) is 1.83. The molecule has 3 heterocycles. The minimum absolute atomic E-state index is 0.0433. The first-order valence-electron chi connectivity index (χ1n) is 8.88. The highest BCUT2D eigenvalue weighted by molar-refractivity contribution is 6.30. The van der Waals surface area contributed by atoms with Gasteiger partial charge in [0.05, 0.1) is 5.54 Å². The van der Waals surface area contributed by atoms with Crippen molar-refractivity contribution in [1.29, 1.82) is 0 Å². The summed E-state index contributed by atoms with van der Waals surface area (Å²) in [7, 11) is 1.82. The van der Waals surface area contributed by atoms with E-state index in [1.165, 1.54) is 0 Å². The molecule has 2 aliphatic rings. The van der Waals surface area contributed by atoms with Gasteiger partial charge in [-0.1, -0.05) is 11.6 Å². The fraction of sp³-hybridized carbons (Fsp3) is 0.368. The molecule has 0 saturated carbocycles. The van der Waals surface area contributed by atoms with Crippen molar-refractivity contribution in [3.8, 4) is 11.4 Å². The number of urea groups is 1. The van der Waals surface area contributed by atoms with E-state index in [1.54, 1.807) is 34.2 Å². The smallest absolute Gasteiger partial charge is 0.317 e. The Kier molecular flexibility index (Phi) is 4.47. The van der Waals surface area contributed by atoms with Crippen LogP contribution in [-0.2, 0) is 0 Å². The molecule has 27 heavy (non-hydrogen) atoms. The van der Waals surface area contributed by atoms with Gasteiger partial charge >= 0.3 is 6.03 Å². The van der Waals surface area contributed by atoms with Crippen LogP contribution in [0.25, 0.3) is 11.4 Å². The zero-order chi connectivity index (χ0) is 19.0. The molecule has 7 nitrogen and oxygen atoms in total. The molecule has 2 aliphatic heterocycles. The molecule has 140 valence electrons. The Labute approximate surface area is 162 Å². The minimum atomic E-state index is -0.187. The predicted octanol–water partition coefficient (Wildman–Crippen LogP) is 2.43. The van der Waals surface area contributed by atoms with Crippen LogP contribution in [-0.4, -0.2) is 63.9 Å². The van der Waals surface area contributed by atoms with Crippen LogP contribution in [0, 0.1) is 0 Å². The van der Waals surface area contributed by atoms with E-state index in [4.69, 9.17) is 11.6 Å². The van der Waals surface area contributed by atoms with E-state index in [2.05, 4.69) is 15.3 Å². The first-order chi connectivity index (χ1) is 13.0. The highest BCUT2D eigenvalue weighted by atomic mass is 35.5. The normalized spacial score (nSPS) is 18.7. The molecule has 0 aliphatic carbocycles. The molecule has 2 saturated heterocycles. The average molecular weight is 386 g/mol. The van der Waals surface area contributed by atoms with Gasteiger partial charge in [0.1, 0.15) is 5.69 Å². The van der Waals surface area contributed by atoms with Crippen molar-refractivity contribution >= 4 is 23.5 Å². The van der Waals surface area contributed by atoms with Crippen LogP contribution in [0.5, 0.6) is 0 Å². The van der Waals surface area contributed by atoms with Gasteiger partial charge in [-0.2, -0.15) is 0 Å². The maximum Gasteiger partial charge on any atom is 0.317 e. The molecule has 1 spiro atoms. The summed E-state index contributed by atoms with van der Waals surface area (Å²) in [4.78, 5) is 37.0. The minimum Gasteiger partial charge on any atom is -0.337 e. The summed E-state index contributed by atoms with van der Waals surface area (Å²) >= 11 is 5.92. The monoisotopic (exact) mass is 385 g/mol. The number of benzene rings is 1. The van der Waals surface area contributed by atoms with Crippen molar-refractivity contribution in [2.45, 2.75) is 18.4 Å². The molecule has 4 rings (SSSR count). The number of carbonyl (C=O) groups is 2. The van der Waals surface area contributed by atoms with Gasteiger partial charge in [-0.3, -0.25) is 4.79 Å². The third-order valence-electron chi connectivity index (χ3n) is 5.54. The number of rotatable bonds is 2. The predicted molar refractivity (Wildman–Crippen MR) is 102 cm³/mol. The maximum absolute atomic E-state index is 12.9. The van der Waals surface area contributed by atoms with Crippen molar-refractivity contribution in [3.05, 3.63) is 47.2 Å². The molecular weight excluding hydrogens is 366 g/mol. The second-order valence-electron chi connectivity index (χ2n) is 7.01. The van der Waals surface area contributed by atoms with Crippen LogP contribution in [0.3, 0.4) is 0 Å². The van der Waals surface area contributed by atoms with E-state index in [-0.39, 0.29) is 17.5 Å². The molecule has 0 radical (unpaired) electrons. The van der Waals surface area contributed by atoms with Gasteiger partial charge in [0, 0.05) is 43.5 Å². The molecule has 1 aromatic heterocycles. The largest absolute Gasteiger partial charge is 0.337 e. The highest BCUT2D eigenvalue weighted by Gasteiger charge is 2.45. The van der Waals surface area contributed by atoms with Crippen LogP contribution < -0.4 is 5.32 Å². The van der Waals surface area contributed by atoms with Gasteiger partial charge in [0.25, 0.3) is 5.91 Å². The number of amides is 3. The number of piperidine rings is 1.